The van der Waals surface area contributed by atoms with E-state index in [0.29, 0.717) is 36.5 Å². The van der Waals surface area contributed by atoms with Crippen LogP contribution in [0, 0.1) is 13.8 Å². The molecule has 0 atom stereocenters. The van der Waals surface area contributed by atoms with Crippen LogP contribution < -0.4 is 4.90 Å². The summed E-state index contributed by atoms with van der Waals surface area (Å²) in [6.07, 6.45) is 3.60. The van der Waals surface area contributed by atoms with Gasteiger partial charge in [0.15, 0.2) is 0 Å². The summed E-state index contributed by atoms with van der Waals surface area (Å²) in [6.45, 7) is 5.79. The molecule has 0 N–H and O–H groups in total. The van der Waals surface area contributed by atoms with E-state index in [4.69, 9.17) is 0 Å². The van der Waals surface area contributed by atoms with E-state index < -0.39 is 10.0 Å². The number of sulfonamides is 1. The van der Waals surface area contributed by atoms with Crippen molar-refractivity contribution in [3.05, 3.63) is 58.7 Å². The lowest BCUT2D eigenvalue weighted by molar-refractivity contribution is 0.0989. The van der Waals surface area contributed by atoms with Gasteiger partial charge in [0.1, 0.15) is 0 Å². The van der Waals surface area contributed by atoms with E-state index in [1.807, 2.05) is 32.0 Å². The van der Waals surface area contributed by atoms with Gasteiger partial charge in [-0.2, -0.15) is 4.31 Å². The Bertz CT molecular complexity index is 1020. The van der Waals surface area contributed by atoms with Crippen LogP contribution in [0.25, 0.3) is 0 Å². The summed E-state index contributed by atoms with van der Waals surface area (Å²) in [7, 11) is -3.45. The standard InChI is InChI=1S/C22H26N2O3S/c1-16-6-7-19(14-17(16)2)22(25)24-13-10-18-15-20(8-9-21(18)24)28(26,27)23-11-4-3-5-12-23/h6-9,14-15H,3-5,10-13H2,1-2H3. The van der Waals surface area contributed by atoms with Gasteiger partial charge in [0.05, 0.1) is 4.90 Å². The Morgan fingerprint density at radius 3 is 2.36 bits per heavy atom. The number of anilines is 1. The van der Waals surface area contributed by atoms with Crippen molar-refractivity contribution in [2.45, 2.75) is 44.4 Å². The van der Waals surface area contributed by atoms with Crippen LogP contribution in [0.15, 0.2) is 41.3 Å². The van der Waals surface area contributed by atoms with E-state index in [2.05, 4.69) is 0 Å². The number of carbonyl (C=O) groups is 1. The molecule has 2 aromatic carbocycles. The van der Waals surface area contributed by atoms with Gasteiger partial charge in [-0.15, -0.1) is 0 Å². The summed E-state index contributed by atoms with van der Waals surface area (Å²) in [5, 5.41) is 0. The average molecular weight is 399 g/mol. The molecule has 2 aromatic rings. The monoisotopic (exact) mass is 398 g/mol. The van der Waals surface area contributed by atoms with Gasteiger partial charge in [0.2, 0.25) is 10.0 Å². The summed E-state index contributed by atoms with van der Waals surface area (Å²) in [5.41, 5.74) is 4.66. The molecule has 2 heterocycles. The smallest absolute Gasteiger partial charge is 0.258 e. The van der Waals surface area contributed by atoms with E-state index >= 15 is 0 Å². The van der Waals surface area contributed by atoms with Crippen molar-refractivity contribution < 1.29 is 13.2 Å². The number of piperidine rings is 1. The lowest BCUT2D eigenvalue weighted by Gasteiger charge is -2.26. The zero-order chi connectivity index (χ0) is 19.9. The number of fused-ring (bicyclic) bond motifs is 1. The number of benzene rings is 2. The van der Waals surface area contributed by atoms with Crippen LogP contribution in [0.2, 0.25) is 0 Å². The summed E-state index contributed by atoms with van der Waals surface area (Å²) in [4.78, 5) is 15.1. The second-order valence-electron chi connectivity index (χ2n) is 7.76. The van der Waals surface area contributed by atoms with Gasteiger partial charge in [-0.3, -0.25) is 4.79 Å². The number of hydrogen-bond acceptors (Lipinski definition) is 3. The summed E-state index contributed by atoms with van der Waals surface area (Å²) in [5.74, 6) is -0.0338. The molecule has 0 radical (unpaired) electrons. The number of amides is 1. The largest absolute Gasteiger partial charge is 0.308 e. The normalized spacial score (nSPS) is 17.6. The maximum Gasteiger partial charge on any atom is 0.258 e. The van der Waals surface area contributed by atoms with Crippen LogP contribution in [0.4, 0.5) is 5.69 Å². The van der Waals surface area contributed by atoms with Crippen LogP contribution in [0.5, 0.6) is 0 Å². The fourth-order valence-corrected chi connectivity index (χ4v) is 5.60. The lowest BCUT2D eigenvalue weighted by atomic mass is 10.1. The Morgan fingerprint density at radius 2 is 1.64 bits per heavy atom. The minimum atomic E-state index is -3.45. The van der Waals surface area contributed by atoms with Gasteiger partial charge in [0.25, 0.3) is 5.91 Å². The van der Waals surface area contributed by atoms with Crippen LogP contribution in [0.1, 0.15) is 46.3 Å². The highest BCUT2D eigenvalue weighted by Crippen LogP contribution is 2.33. The Labute approximate surface area is 167 Å². The first kappa shape index (κ1) is 19.2. The molecule has 5 nitrogen and oxygen atoms in total. The first-order valence-electron chi connectivity index (χ1n) is 9.90. The molecule has 0 aliphatic carbocycles. The maximum atomic E-state index is 13.0. The summed E-state index contributed by atoms with van der Waals surface area (Å²) >= 11 is 0. The van der Waals surface area contributed by atoms with Crippen molar-refractivity contribution in [3.63, 3.8) is 0 Å². The van der Waals surface area contributed by atoms with Crippen LogP contribution in [-0.4, -0.2) is 38.3 Å². The molecule has 148 valence electrons. The third kappa shape index (κ3) is 3.35. The molecular formula is C22H26N2O3S. The molecule has 0 saturated carbocycles. The molecule has 28 heavy (non-hydrogen) atoms. The first-order valence-corrected chi connectivity index (χ1v) is 11.3. The molecule has 0 aromatic heterocycles. The first-order chi connectivity index (χ1) is 13.4. The number of carbonyl (C=O) groups excluding carboxylic acids is 1. The molecule has 1 fully saturated rings. The molecule has 0 spiro atoms. The second kappa shape index (κ2) is 7.33. The molecule has 0 unspecified atom stereocenters. The van der Waals surface area contributed by atoms with Gasteiger partial charge < -0.3 is 4.90 Å². The Hall–Kier alpha value is -2.18. The number of rotatable bonds is 3. The zero-order valence-corrected chi connectivity index (χ0v) is 17.3. The fraction of sp³-hybridized carbons (Fsp3) is 0.409. The van der Waals surface area contributed by atoms with Gasteiger partial charge in [-0.25, -0.2) is 8.42 Å². The van der Waals surface area contributed by atoms with E-state index in [1.165, 1.54) is 0 Å². The quantitative estimate of drug-likeness (QED) is 0.792. The van der Waals surface area contributed by atoms with Crippen LogP contribution in [0.3, 0.4) is 0 Å². The molecule has 0 bridgehead atoms. The van der Waals surface area contributed by atoms with Crippen molar-refractivity contribution in [1.82, 2.24) is 4.31 Å². The van der Waals surface area contributed by atoms with E-state index in [1.54, 1.807) is 27.4 Å². The second-order valence-corrected chi connectivity index (χ2v) is 9.70. The van der Waals surface area contributed by atoms with Crippen molar-refractivity contribution in [1.29, 1.82) is 0 Å². The van der Waals surface area contributed by atoms with Crippen molar-refractivity contribution in [2.24, 2.45) is 0 Å². The van der Waals surface area contributed by atoms with E-state index in [-0.39, 0.29) is 5.91 Å². The highest BCUT2D eigenvalue weighted by atomic mass is 32.2. The van der Waals surface area contributed by atoms with Gasteiger partial charge >= 0.3 is 0 Å². The minimum absolute atomic E-state index is 0.0338. The topological polar surface area (TPSA) is 57.7 Å². The molecule has 2 aliphatic rings. The Balaban J connectivity index is 1.61. The molecule has 1 amide bonds. The molecular weight excluding hydrogens is 372 g/mol. The molecule has 4 rings (SSSR count). The SMILES string of the molecule is Cc1ccc(C(=O)N2CCc3cc(S(=O)(=O)N4CCCCC4)ccc32)cc1C. The third-order valence-electron chi connectivity index (χ3n) is 5.90. The van der Waals surface area contributed by atoms with Crippen molar-refractivity contribution in [3.8, 4) is 0 Å². The molecule has 2 aliphatic heterocycles. The molecule has 1 saturated heterocycles. The van der Waals surface area contributed by atoms with Crippen molar-refractivity contribution >= 4 is 21.6 Å². The number of nitrogens with zero attached hydrogens (tertiary/aromatic N) is 2. The predicted molar refractivity (Wildman–Crippen MR) is 110 cm³/mol. The van der Waals surface area contributed by atoms with E-state index in [0.717, 1.165) is 41.6 Å². The van der Waals surface area contributed by atoms with Gasteiger partial charge in [-0.05, 0) is 80.1 Å². The predicted octanol–water partition coefficient (Wildman–Crippen LogP) is 3.68. The van der Waals surface area contributed by atoms with Gasteiger partial charge in [-0.1, -0.05) is 12.5 Å². The van der Waals surface area contributed by atoms with Crippen LogP contribution in [-0.2, 0) is 16.4 Å². The minimum Gasteiger partial charge on any atom is -0.308 e. The third-order valence-corrected chi connectivity index (χ3v) is 7.79. The average Bonchev–Trinajstić information content (AvgIpc) is 3.13. The number of aryl methyl sites for hydroxylation is 2. The highest BCUT2D eigenvalue weighted by Gasteiger charge is 2.30. The summed E-state index contributed by atoms with van der Waals surface area (Å²) < 4.78 is 27.5. The maximum absolute atomic E-state index is 13.0. The van der Waals surface area contributed by atoms with Crippen LogP contribution >= 0.6 is 0 Å². The van der Waals surface area contributed by atoms with Crippen molar-refractivity contribution in [2.75, 3.05) is 24.5 Å². The van der Waals surface area contributed by atoms with Gasteiger partial charge in [0, 0.05) is 30.9 Å². The zero-order valence-electron chi connectivity index (χ0n) is 16.4. The number of hydrogen-bond donors (Lipinski definition) is 0. The highest BCUT2D eigenvalue weighted by molar-refractivity contribution is 7.89. The Kier molecular flexibility index (Phi) is 5.02. The fourth-order valence-electron chi connectivity index (χ4n) is 4.03. The lowest BCUT2D eigenvalue weighted by Crippen LogP contribution is -2.35. The Morgan fingerprint density at radius 1 is 0.893 bits per heavy atom. The molecule has 6 heteroatoms. The summed E-state index contributed by atoms with van der Waals surface area (Å²) in [6, 6.07) is 10.9. The van der Waals surface area contributed by atoms with E-state index in [9.17, 15) is 13.2 Å².